The molecule has 0 radical (unpaired) electrons. The zero-order valence-corrected chi connectivity index (χ0v) is 14.9. The molecule has 2 saturated carbocycles. The highest BCUT2D eigenvalue weighted by Gasteiger charge is 2.55. The van der Waals surface area contributed by atoms with E-state index in [0.29, 0.717) is 37.3 Å². The number of fused-ring (bicyclic) bond motifs is 1. The molecule has 3 atom stereocenters. The van der Waals surface area contributed by atoms with Gasteiger partial charge in [0.2, 0.25) is 0 Å². The Balaban J connectivity index is 1.44. The molecule has 2 aliphatic carbocycles. The first-order chi connectivity index (χ1) is 11.9. The van der Waals surface area contributed by atoms with Gasteiger partial charge in [0.05, 0.1) is 11.5 Å². The molecule has 0 bridgehead atoms. The molecule has 7 nitrogen and oxygen atoms in total. The van der Waals surface area contributed by atoms with Crippen LogP contribution in [-0.4, -0.2) is 44.9 Å². The Morgan fingerprint density at radius 1 is 1.40 bits per heavy atom. The number of anilines is 1. The van der Waals surface area contributed by atoms with Crippen LogP contribution in [0.5, 0.6) is 0 Å². The van der Waals surface area contributed by atoms with E-state index in [-0.39, 0.29) is 11.9 Å². The van der Waals surface area contributed by atoms with Crippen molar-refractivity contribution in [3.8, 4) is 0 Å². The largest absolute Gasteiger partial charge is 0.481 e. The highest BCUT2D eigenvalue weighted by atomic mass is 16.4. The number of likely N-dealkylation sites (tertiary alicyclic amines) is 1. The lowest BCUT2D eigenvalue weighted by Gasteiger charge is -2.23. The first-order valence-corrected chi connectivity index (χ1v) is 9.26. The highest BCUT2D eigenvalue weighted by molar-refractivity contribution is 5.89. The molecular formula is C18H26N4O3. The molecule has 4 rings (SSSR count). The fourth-order valence-electron chi connectivity index (χ4n) is 4.72. The van der Waals surface area contributed by atoms with Crippen LogP contribution < -0.4 is 5.32 Å². The van der Waals surface area contributed by atoms with Gasteiger partial charge >= 0.3 is 12.0 Å². The van der Waals surface area contributed by atoms with Crippen molar-refractivity contribution in [3.05, 3.63) is 11.8 Å². The van der Waals surface area contributed by atoms with E-state index in [2.05, 4.69) is 17.3 Å². The molecule has 1 aromatic rings. The quantitative estimate of drug-likeness (QED) is 0.877. The molecule has 25 heavy (non-hydrogen) atoms. The average Bonchev–Trinajstić information content (AvgIpc) is 3.06. The zero-order valence-electron chi connectivity index (χ0n) is 14.9. The maximum Gasteiger partial charge on any atom is 0.323 e. The number of aliphatic carboxylic acids is 1. The third-order valence-electron chi connectivity index (χ3n) is 6.43. The monoisotopic (exact) mass is 346 g/mol. The maximum atomic E-state index is 12.6. The molecule has 1 aliphatic heterocycles. The molecule has 1 unspecified atom stereocenters. The van der Waals surface area contributed by atoms with Gasteiger partial charge in [0.25, 0.3) is 0 Å². The summed E-state index contributed by atoms with van der Waals surface area (Å²) < 4.78 is 1.99. The molecule has 2 amide bonds. The van der Waals surface area contributed by atoms with Gasteiger partial charge in [0, 0.05) is 24.8 Å². The van der Waals surface area contributed by atoms with Crippen LogP contribution in [0, 0.1) is 24.2 Å². The van der Waals surface area contributed by atoms with E-state index >= 15 is 0 Å². The first kappa shape index (κ1) is 16.4. The topological polar surface area (TPSA) is 87.5 Å². The van der Waals surface area contributed by atoms with Crippen molar-refractivity contribution in [2.75, 3.05) is 18.4 Å². The minimum Gasteiger partial charge on any atom is -0.481 e. The van der Waals surface area contributed by atoms with E-state index in [0.717, 1.165) is 18.5 Å². The second kappa shape index (κ2) is 5.75. The molecular weight excluding hydrogens is 320 g/mol. The van der Waals surface area contributed by atoms with Gasteiger partial charge in [-0.15, -0.1) is 0 Å². The van der Waals surface area contributed by atoms with Crippen LogP contribution in [0.15, 0.2) is 6.07 Å². The van der Waals surface area contributed by atoms with Crippen LogP contribution in [0.1, 0.15) is 50.8 Å². The molecule has 3 aliphatic rings. The van der Waals surface area contributed by atoms with Crippen molar-refractivity contribution >= 4 is 17.8 Å². The number of carbonyl (C=O) groups excluding carboxylic acids is 1. The highest BCUT2D eigenvalue weighted by Crippen LogP contribution is 2.49. The van der Waals surface area contributed by atoms with E-state index in [1.165, 1.54) is 12.8 Å². The Hall–Kier alpha value is -2.05. The van der Waals surface area contributed by atoms with Crippen LogP contribution in [0.2, 0.25) is 0 Å². The minimum absolute atomic E-state index is 0.0740. The number of nitrogens with zero attached hydrogens (tertiary/aromatic N) is 3. The van der Waals surface area contributed by atoms with Gasteiger partial charge in [-0.1, -0.05) is 6.42 Å². The fraction of sp³-hybridized carbons (Fsp3) is 0.722. The summed E-state index contributed by atoms with van der Waals surface area (Å²) >= 11 is 0. The van der Waals surface area contributed by atoms with E-state index in [9.17, 15) is 14.7 Å². The molecule has 0 spiro atoms. The third-order valence-corrected chi connectivity index (χ3v) is 6.43. The van der Waals surface area contributed by atoms with Crippen LogP contribution >= 0.6 is 0 Å². The van der Waals surface area contributed by atoms with E-state index < -0.39 is 11.4 Å². The standard InChI is InChI=1S/C18H26N4O3/c1-11-8-15(20-22(11)12(2)13-5-6-13)19-17(25)21-9-14-4-3-7-18(14,10-21)16(23)24/h8,12-14H,3-7,9-10H2,1-2H3,(H,23,24)(H,19,20,25)/t12?,14-,18+/m0/s1. The predicted molar refractivity (Wildman–Crippen MR) is 92.4 cm³/mol. The number of hydrogen-bond donors (Lipinski definition) is 2. The Morgan fingerprint density at radius 2 is 2.16 bits per heavy atom. The molecule has 1 aromatic heterocycles. The molecule has 7 heteroatoms. The van der Waals surface area contributed by atoms with Gasteiger partial charge in [-0.3, -0.25) is 14.8 Å². The van der Waals surface area contributed by atoms with Crippen molar-refractivity contribution < 1.29 is 14.7 Å². The molecule has 2 heterocycles. The molecule has 3 fully saturated rings. The minimum atomic E-state index is -0.760. The summed E-state index contributed by atoms with van der Waals surface area (Å²) in [5, 5.41) is 17.1. The van der Waals surface area contributed by atoms with Gasteiger partial charge in [0.1, 0.15) is 0 Å². The van der Waals surface area contributed by atoms with Crippen molar-refractivity contribution in [1.29, 1.82) is 0 Å². The number of aryl methyl sites for hydroxylation is 1. The van der Waals surface area contributed by atoms with Gasteiger partial charge in [-0.25, -0.2) is 4.79 Å². The Kier molecular flexibility index (Phi) is 3.77. The third kappa shape index (κ3) is 2.69. The Labute approximate surface area is 147 Å². The smallest absolute Gasteiger partial charge is 0.323 e. The van der Waals surface area contributed by atoms with Crippen molar-refractivity contribution in [1.82, 2.24) is 14.7 Å². The number of amides is 2. The van der Waals surface area contributed by atoms with E-state index in [1.807, 2.05) is 17.7 Å². The Morgan fingerprint density at radius 3 is 2.80 bits per heavy atom. The lowest BCUT2D eigenvalue weighted by molar-refractivity contribution is -0.149. The lowest BCUT2D eigenvalue weighted by Crippen LogP contribution is -2.38. The summed E-state index contributed by atoms with van der Waals surface area (Å²) in [6, 6.07) is 2.01. The number of nitrogens with one attached hydrogen (secondary N) is 1. The van der Waals surface area contributed by atoms with Crippen molar-refractivity contribution in [2.45, 2.75) is 52.0 Å². The SMILES string of the molecule is Cc1cc(NC(=O)N2C[C@@H]3CCC[C@@]3(C(=O)O)C2)nn1C(C)C1CC1. The molecule has 1 saturated heterocycles. The van der Waals surface area contributed by atoms with Crippen molar-refractivity contribution in [2.24, 2.45) is 17.3 Å². The summed E-state index contributed by atoms with van der Waals surface area (Å²) in [4.78, 5) is 26.0. The van der Waals surface area contributed by atoms with Crippen LogP contribution in [0.25, 0.3) is 0 Å². The maximum absolute atomic E-state index is 12.6. The number of hydrogen-bond acceptors (Lipinski definition) is 3. The summed E-state index contributed by atoms with van der Waals surface area (Å²) in [6.45, 7) is 5.00. The summed E-state index contributed by atoms with van der Waals surface area (Å²) in [7, 11) is 0. The summed E-state index contributed by atoms with van der Waals surface area (Å²) in [5.74, 6) is 0.556. The predicted octanol–water partition coefficient (Wildman–Crippen LogP) is 2.88. The van der Waals surface area contributed by atoms with Gasteiger partial charge in [-0.05, 0) is 51.4 Å². The average molecular weight is 346 g/mol. The van der Waals surface area contributed by atoms with E-state index in [1.54, 1.807) is 4.90 Å². The number of carboxylic acids is 1. The fourth-order valence-corrected chi connectivity index (χ4v) is 4.72. The molecule has 136 valence electrons. The van der Waals surface area contributed by atoms with Crippen molar-refractivity contribution in [3.63, 3.8) is 0 Å². The second-order valence-corrected chi connectivity index (χ2v) is 8.05. The first-order valence-electron chi connectivity index (χ1n) is 9.26. The summed E-state index contributed by atoms with van der Waals surface area (Å²) in [5.41, 5.74) is 0.294. The van der Waals surface area contributed by atoms with Gasteiger partial charge in [0.15, 0.2) is 5.82 Å². The normalized spacial score (nSPS) is 29.5. The number of carbonyl (C=O) groups is 2. The Bertz CT molecular complexity index is 711. The summed E-state index contributed by atoms with van der Waals surface area (Å²) in [6.07, 6.45) is 4.99. The lowest BCUT2D eigenvalue weighted by atomic mass is 9.81. The van der Waals surface area contributed by atoms with Crippen LogP contribution in [0.4, 0.5) is 10.6 Å². The van der Waals surface area contributed by atoms with Gasteiger partial charge in [-0.2, -0.15) is 5.10 Å². The van der Waals surface area contributed by atoms with Gasteiger partial charge < -0.3 is 10.0 Å². The molecule has 2 N–H and O–H groups in total. The van der Waals surface area contributed by atoms with Crippen LogP contribution in [-0.2, 0) is 4.79 Å². The molecule has 0 aromatic carbocycles. The van der Waals surface area contributed by atoms with Crippen LogP contribution in [0.3, 0.4) is 0 Å². The number of carboxylic acid groups (broad SMARTS) is 1. The number of aromatic nitrogens is 2. The van der Waals surface area contributed by atoms with E-state index in [4.69, 9.17) is 0 Å². The second-order valence-electron chi connectivity index (χ2n) is 8.05. The number of urea groups is 1. The number of rotatable bonds is 4. The zero-order chi connectivity index (χ0) is 17.8.